The van der Waals surface area contributed by atoms with Gasteiger partial charge in [-0.3, -0.25) is 4.79 Å². The van der Waals surface area contributed by atoms with Gasteiger partial charge in [0, 0.05) is 0 Å². The Morgan fingerprint density at radius 3 is 2.41 bits per heavy atom. The van der Waals surface area contributed by atoms with E-state index >= 15 is 0 Å². The van der Waals surface area contributed by atoms with E-state index in [9.17, 15) is 4.79 Å². The lowest BCUT2D eigenvalue weighted by atomic mass is 10.1. The Hall–Kier alpha value is -2.08. The summed E-state index contributed by atoms with van der Waals surface area (Å²) in [4.78, 5) is 12.3. The molecule has 1 saturated carbocycles. The molecule has 0 spiro atoms. The smallest absolute Gasteiger partial charge is 0.310 e. The summed E-state index contributed by atoms with van der Waals surface area (Å²) in [6.07, 6.45) is 2.57. The molecule has 2 unspecified atom stereocenters. The van der Waals surface area contributed by atoms with Crippen LogP contribution in [0, 0.1) is 28.6 Å². The van der Waals surface area contributed by atoms with Crippen molar-refractivity contribution in [3.05, 3.63) is 47.0 Å². The molecule has 0 aromatic heterocycles. The number of carbonyl (C=O) groups excluding carboxylic acids is 1. The van der Waals surface area contributed by atoms with Crippen LogP contribution in [0.4, 0.5) is 0 Å². The first-order valence-electron chi connectivity index (χ1n) is 7.62. The Labute approximate surface area is 132 Å². The summed E-state index contributed by atoms with van der Waals surface area (Å²) in [5.41, 5.74) is 3.16. The summed E-state index contributed by atoms with van der Waals surface area (Å²) in [5, 5.41) is 8.65. The van der Waals surface area contributed by atoms with Crippen LogP contribution >= 0.6 is 0 Å². The van der Waals surface area contributed by atoms with Crippen molar-refractivity contribution in [1.82, 2.24) is 0 Å². The number of nitrogens with zero attached hydrogens (tertiary/aromatic N) is 1. The zero-order valence-corrected chi connectivity index (χ0v) is 13.7. The molecule has 1 aliphatic rings. The second-order valence-corrected chi connectivity index (χ2v) is 6.83. The second kappa shape index (κ2) is 6.36. The first kappa shape index (κ1) is 16.3. The maximum Gasteiger partial charge on any atom is 0.310 e. The van der Waals surface area contributed by atoms with Gasteiger partial charge in [-0.15, -0.1) is 0 Å². The zero-order valence-electron chi connectivity index (χ0n) is 13.7. The first-order valence-corrected chi connectivity index (χ1v) is 7.62. The number of esters is 1. The van der Waals surface area contributed by atoms with Crippen LogP contribution in [0.15, 0.2) is 35.9 Å². The molecule has 0 heterocycles. The fraction of sp³-hybridized carbons (Fsp3) is 0.474. The molecule has 1 aliphatic carbocycles. The Morgan fingerprint density at radius 2 is 1.86 bits per heavy atom. The Morgan fingerprint density at radius 1 is 1.27 bits per heavy atom. The molecule has 1 aromatic rings. The standard InChI is InChI=1S/C19H23NO2/c1-13(2)11-16-17(19(16,3)4)18(21)22-12-15-7-5-14(6-8-15)9-10-20/h5-8,11,16-17H,9,12H2,1-4H3. The van der Waals surface area contributed by atoms with Crippen molar-refractivity contribution in [2.75, 3.05) is 0 Å². The molecule has 3 heteroatoms. The lowest BCUT2D eigenvalue weighted by Gasteiger charge is -2.06. The largest absolute Gasteiger partial charge is 0.461 e. The van der Waals surface area contributed by atoms with Crippen LogP contribution in [0.1, 0.15) is 38.8 Å². The van der Waals surface area contributed by atoms with E-state index in [4.69, 9.17) is 10.00 Å². The van der Waals surface area contributed by atoms with E-state index in [1.807, 2.05) is 24.3 Å². The maximum atomic E-state index is 12.3. The Kier molecular flexibility index (Phi) is 4.71. The van der Waals surface area contributed by atoms with E-state index in [1.54, 1.807) is 0 Å². The van der Waals surface area contributed by atoms with Crippen LogP contribution in [-0.4, -0.2) is 5.97 Å². The Balaban J connectivity index is 1.91. The summed E-state index contributed by atoms with van der Waals surface area (Å²) >= 11 is 0. The summed E-state index contributed by atoms with van der Waals surface area (Å²) in [6, 6.07) is 9.74. The molecule has 22 heavy (non-hydrogen) atoms. The van der Waals surface area contributed by atoms with Gasteiger partial charge in [-0.1, -0.05) is 49.8 Å². The highest BCUT2D eigenvalue weighted by Crippen LogP contribution is 2.59. The molecule has 2 atom stereocenters. The summed E-state index contributed by atoms with van der Waals surface area (Å²) in [7, 11) is 0. The van der Waals surface area contributed by atoms with Crippen molar-refractivity contribution in [3.8, 4) is 6.07 Å². The molecular weight excluding hydrogens is 274 g/mol. The third kappa shape index (κ3) is 3.57. The number of hydrogen-bond donors (Lipinski definition) is 0. The fourth-order valence-electron chi connectivity index (χ4n) is 2.89. The number of nitriles is 1. The fourth-order valence-corrected chi connectivity index (χ4v) is 2.89. The molecule has 0 saturated heterocycles. The molecule has 0 amide bonds. The van der Waals surface area contributed by atoms with Crippen LogP contribution < -0.4 is 0 Å². The molecule has 0 bridgehead atoms. The minimum atomic E-state index is -0.117. The van der Waals surface area contributed by atoms with E-state index in [-0.39, 0.29) is 23.2 Å². The van der Waals surface area contributed by atoms with Crippen molar-refractivity contribution in [2.45, 2.75) is 40.7 Å². The maximum absolute atomic E-state index is 12.3. The van der Waals surface area contributed by atoms with E-state index in [1.165, 1.54) is 5.57 Å². The van der Waals surface area contributed by atoms with Crippen LogP contribution in [0.5, 0.6) is 0 Å². The van der Waals surface area contributed by atoms with Crippen molar-refractivity contribution < 1.29 is 9.53 Å². The number of benzene rings is 1. The quantitative estimate of drug-likeness (QED) is 0.609. The first-order chi connectivity index (χ1) is 10.4. The topological polar surface area (TPSA) is 50.1 Å². The number of allylic oxidation sites excluding steroid dienone is 2. The van der Waals surface area contributed by atoms with E-state index in [2.05, 4.69) is 39.8 Å². The lowest BCUT2D eigenvalue weighted by Crippen LogP contribution is -2.10. The van der Waals surface area contributed by atoms with Gasteiger partial charge in [-0.25, -0.2) is 0 Å². The molecule has 0 radical (unpaired) electrons. The van der Waals surface area contributed by atoms with Crippen LogP contribution in [0.3, 0.4) is 0 Å². The molecule has 116 valence electrons. The highest BCUT2D eigenvalue weighted by molar-refractivity contribution is 5.78. The third-order valence-electron chi connectivity index (χ3n) is 4.36. The highest BCUT2D eigenvalue weighted by Gasteiger charge is 2.61. The number of carbonyl (C=O) groups is 1. The van der Waals surface area contributed by atoms with Crippen molar-refractivity contribution in [2.24, 2.45) is 17.3 Å². The second-order valence-electron chi connectivity index (χ2n) is 6.83. The number of rotatable bonds is 5. The highest BCUT2D eigenvalue weighted by atomic mass is 16.5. The monoisotopic (exact) mass is 297 g/mol. The predicted octanol–water partition coefficient (Wildman–Crippen LogP) is 4.03. The van der Waals surface area contributed by atoms with Gasteiger partial charge in [0.2, 0.25) is 0 Å². The number of ether oxygens (including phenoxy) is 1. The minimum absolute atomic E-state index is 0.00892. The molecule has 2 rings (SSSR count). The molecule has 0 aliphatic heterocycles. The number of hydrogen-bond acceptors (Lipinski definition) is 3. The van der Waals surface area contributed by atoms with E-state index in [0.29, 0.717) is 13.0 Å². The van der Waals surface area contributed by atoms with Crippen molar-refractivity contribution in [1.29, 1.82) is 5.26 Å². The molecule has 0 N–H and O–H groups in total. The van der Waals surface area contributed by atoms with Crippen molar-refractivity contribution >= 4 is 5.97 Å². The van der Waals surface area contributed by atoms with E-state index < -0.39 is 0 Å². The molecule has 1 aromatic carbocycles. The normalized spacial score (nSPS) is 21.6. The van der Waals surface area contributed by atoms with Crippen LogP contribution in [-0.2, 0) is 22.6 Å². The lowest BCUT2D eigenvalue weighted by molar-refractivity contribution is -0.147. The van der Waals surface area contributed by atoms with Crippen molar-refractivity contribution in [3.63, 3.8) is 0 Å². The van der Waals surface area contributed by atoms with Gasteiger partial charge in [0.1, 0.15) is 6.61 Å². The summed E-state index contributed by atoms with van der Waals surface area (Å²) in [6.45, 7) is 8.62. The molecule has 3 nitrogen and oxygen atoms in total. The average molecular weight is 297 g/mol. The zero-order chi connectivity index (χ0) is 16.3. The van der Waals surface area contributed by atoms with Gasteiger partial charge in [-0.05, 0) is 36.3 Å². The SMILES string of the molecule is CC(C)=CC1C(C(=O)OCc2ccc(CC#N)cc2)C1(C)C. The van der Waals surface area contributed by atoms with Crippen LogP contribution in [0.2, 0.25) is 0 Å². The van der Waals surface area contributed by atoms with Gasteiger partial charge in [0.05, 0.1) is 18.4 Å². The molecule has 1 fully saturated rings. The Bertz CT molecular complexity index is 616. The van der Waals surface area contributed by atoms with Crippen LogP contribution in [0.25, 0.3) is 0 Å². The van der Waals surface area contributed by atoms with Gasteiger partial charge in [0.25, 0.3) is 0 Å². The summed E-state index contributed by atoms with van der Waals surface area (Å²) in [5.74, 6) is 0.122. The molecular formula is C19H23NO2. The minimum Gasteiger partial charge on any atom is -0.461 e. The summed E-state index contributed by atoms with van der Waals surface area (Å²) < 4.78 is 5.47. The van der Waals surface area contributed by atoms with Gasteiger partial charge in [-0.2, -0.15) is 5.26 Å². The van der Waals surface area contributed by atoms with Gasteiger partial charge in [0.15, 0.2) is 0 Å². The third-order valence-corrected chi connectivity index (χ3v) is 4.36. The van der Waals surface area contributed by atoms with Gasteiger partial charge >= 0.3 is 5.97 Å². The van der Waals surface area contributed by atoms with Gasteiger partial charge < -0.3 is 4.74 Å². The average Bonchev–Trinajstić information content (AvgIpc) is 2.98. The van der Waals surface area contributed by atoms with E-state index in [0.717, 1.165) is 11.1 Å². The predicted molar refractivity (Wildman–Crippen MR) is 85.7 cm³/mol.